The Morgan fingerprint density at radius 1 is 1.09 bits per heavy atom. The summed E-state index contributed by atoms with van der Waals surface area (Å²) >= 11 is 0. The second-order valence-corrected chi connectivity index (χ2v) is 12.0. The second-order valence-electron chi connectivity index (χ2n) is 12.0. The van der Waals surface area contributed by atoms with E-state index in [1.54, 1.807) is 26.3 Å². The van der Waals surface area contributed by atoms with Crippen LogP contribution in [0.15, 0.2) is 59.4 Å². The number of amides is 1. The molecule has 3 aromatic rings. The number of hydrogen-bond acceptors (Lipinski definition) is 9. The van der Waals surface area contributed by atoms with E-state index < -0.39 is 0 Å². The smallest absolute Gasteiger partial charge is 0.251 e. The van der Waals surface area contributed by atoms with E-state index in [9.17, 15) is 4.79 Å². The number of carbonyl (C=O) groups is 1. The number of carbonyl (C=O) groups excluding carboxylic acids is 1. The van der Waals surface area contributed by atoms with Crippen molar-refractivity contribution in [3.63, 3.8) is 0 Å². The summed E-state index contributed by atoms with van der Waals surface area (Å²) in [5.74, 6) is 0.847. The molecular formula is C35H43N7O3. The summed E-state index contributed by atoms with van der Waals surface area (Å²) in [6.07, 6.45) is 7.43. The fourth-order valence-corrected chi connectivity index (χ4v) is 6.67. The van der Waals surface area contributed by atoms with E-state index in [1.165, 1.54) is 0 Å². The lowest BCUT2D eigenvalue weighted by Gasteiger charge is -2.39. The molecule has 3 aliphatic rings. The topological polar surface area (TPSA) is 127 Å². The van der Waals surface area contributed by atoms with Crippen LogP contribution in [0.1, 0.15) is 64.8 Å². The third kappa shape index (κ3) is 6.72. The van der Waals surface area contributed by atoms with E-state index >= 15 is 0 Å². The average molecular weight is 610 g/mol. The summed E-state index contributed by atoms with van der Waals surface area (Å²) in [5.41, 5.74) is 14.2. The number of aryl methyl sites for hydroxylation is 2. The lowest BCUT2D eigenvalue weighted by Crippen LogP contribution is -2.49. The van der Waals surface area contributed by atoms with Crippen LogP contribution in [0.3, 0.4) is 0 Å². The molecule has 1 aliphatic carbocycles. The van der Waals surface area contributed by atoms with Crippen LogP contribution >= 0.6 is 0 Å². The number of aromatic nitrogens is 2. The largest absolute Gasteiger partial charge is 0.495 e. The van der Waals surface area contributed by atoms with Gasteiger partial charge in [0.05, 0.1) is 24.2 Å². The fourth-order valence-electron chi connectivity index (χ4n) is 6.67. The van der Waals surface area contributed by atoms with Crippen molar-refractivity contribution in [2.45, 2.75) is 57.5 Å². The predicted molar refractivity (Wildman–Crippen MR) is 177 cm³/mol. The monoisotopic (exact) mass is 609 g/mol. The van der Waals surface area contributed by atoms with E-state index in [0.29, 0.717) is 29.0 Å². The standard InChI is InChI=1S/C35H43N7O3/c1-22-6-4-5-7-27(22)33(37-2)31-28(36)10-8-24-21-38-35(41-32(24)31)40-29-11-9-23(20-30(29)44-3)34(43)39-25-12-16-42(17-13-25)26-14-18-45-19-15-26/h4-7,9,11,20-21,25-26H,8,10,12-19,36H2,1-3H3,(H,39,43)(H,38,40,41). The van der Waals surface area contributed by atoms with Gasteiger partial charge in [-0.25, -0.2) is 9.97 Å². The summed E-state index contributed by atoms with van der Waals surface area (Å²) in [4.78, 5) is 30.0. The van der Waals surface area contributed by atoms with Crippen LogP contribution in [-0.2, 0) is 11.2 Å². The molecule has 4 N–H and O–H groups in total. The molecule has 0 spiro atoms. The maximum Gasteiger partial charge on any atom is 0.251 e. The van der Waals surface area contributed by atoms with Crippen molar-refractivity contribution in [2.75, 3.05) is 45.8 Å². The highest BCUT2D eigenvalue weighted by atomic mass is 16.5. The van der Waals surface area contributed by atoms with Gasteiger partial charge in [0.15, 0.2) is 0 Å². The second kappa shape index (κ2) is 13.8. The molecule has 0 bridgehead atoms. The number of nitrogens with zero attached hydrogens (tertiary/aromatic N) is 4. The molecule has 0 saturated carbocycles. The number of benzene rings is 2. The number of hydrogen-bond donors (Lipinski definition) is 3. The number of nitrogens with two attached hydrogens (primary N) is 1. The third-order valence-electron chi connectivity index (χ3n) is 9.23. The van der Waals surface area contributed by atoms with Gasteiger partial charge >= 0.3 is 0 Å². The van der Waals surface area contributed by atoms with Crippen molar-refractivity contribution >= 4 is 28.8 Å². The summed E-state index contributed by atoms with van der Waals surface area (Å²) < 4.78 is 11.2. The summed E-state index contributed by atoms with van der Waals surface area (Å²) in [5, 5.41) is 6.54. The molecule has 1 aromatic heterocycles. The lowest BCUT2D eigenvalue weighted by atomic mass is 9.87. The number of anilines is 2. The molecule has 0 radical (unpaired) electrons. The third-order valence-corrected chi connectivity index (χ3v) is 9.23. The average Bonchev–Trinajstić information content (AvgIpc) is 3.07. The minimum Gasteiger partial charge on any atom is -0.495 e. The molecule has 1 amide bonds. The zero-order valence-electron chi connectivity index (χ0n) is 26.4. The van der Waals surface area contributed by atoms with Crippen molar-refractivity contribution < 1.29 is 14.3 Å². The highest BCUT2D eigenvalue weighted by molar-refractivity contribution is 6.33. The molecule has 6 rings (SSSR count). The minimum atomic E-state index is -0.0951. The summed E-state index contributed by atoms with van der Waals surface area (Å²) in [7, 11) is 3.38. The van der Waals surface area contributed by atoms with Gasteiger partial charge in [-0.05, 0) is 74.8 Å². The molecule has 3 heterocycles. The van der Waals surface area contributed by atoms with Crippen molar-refractivity contribution in [3.05, 3.63) is 82.3 Å². The van der Waals surface area contributed by atoms with Gasteiger partial charge in [0, 0.05) is 74.0 Å². The highest BCUT2D eigenvalue weighted by Gasteiger charge is 2.28. The summed E-state index contributed by atoms with van der Waals surface area (Å²) in [6, 6.07) is 14.3. The zero-order chi connectivity index (χ0) is 31.3. The number of ether oxygens (including phenoxy) is 2. The van der Waals surface area contributed by atoms with Crippen LogP contribution in [0.2, 0.25) is 0 Å². The molecule has 2 aromatic carbocycles. The zero-order valence-corrected chi connectivity index (χ0v) is 26.4. The molecule has 2 saturated heterocycles. The van der Waals surface area contributed by atoms with Crippen LogP contribution in [0.25, 0.3) is 5.57 Å². The lowest BCUT2D eigenvalue weighted by molar-refractivity contribution is 0.0238. The van der Waals surface area contributed by atoms with Gasteiger partial charge in [-0.15, -0.1) is 0 Å². The Hall–Kier alpha value is -4.28. The summed E-state index contributed by atoms with van der Waals surface area (Å²) in [6.45, 7) is 5.77. The van der Waals surface area contributed by atoms with Crippen molar-refractivity contribution in [3.8, 4) is 5.75 Å². The van der Waals surface area contributed by atoms with Crippen molar-refractivity contribution in [2.24, 2.45) is 10.7 Å². The fraction of sp³-hybridized carbons (Fsp3) is 0.429. The SMILES string of the molecule is CN=C(C1=C(N)CCc2cnc(Nc3ccc(C(=O)NC4CCN(C5CCOCC5)CC4)cc3OC)nc21)c1ccccc1C. The maximum absolute atomic E-state index is 13.2. The first-order valence-electron chi connectivity index (χ1n) is 15.9. The Labute approximate surface area is 265 Å². The van der Waals surface area contributed by atoms with Gasteiger partial charge in [0.1, 0.15) is 5.75 Å². The van der Waals surface area contributed by atoms with Crippen LogP contribution in [-0.4, -0.2) is 79.0 Å². The van der Waals surface area contributed by atoms with Gasteiger partial charge in [0.2, 0.25) is 5.95 Å². The van der Waals surface area contributed by atoms with Crippen LogP contribution in [0.4, 0.5) is 11.6 Å². The molecule has 10 heteroatoms. The van der Waals surface area contributed by atoms with E-state index in [1.807, 2.05) is 24.4 Å². The van der Waals surface area contributed by atoms with Gasteiger partial charge in [0.25, 0.3) is 5.91 Å². The Kier molecular flexibility index (Phi) is 9.42. The Balaban J connectivity index is 1.16. The first-order valence-corrected chi connectivity index (χ1v) is 15.9. The number of likely N-dealkylation sites (tertiary alicyclic amines) is 1. The minimum absolute atomic E-state index is 0.0951. The number of rotatable bonds is 8. The molecular weight excluding hydrogens is 566 g/mol. The predicted octanol–water partition coefficient (Wildman–Crippen LogP) is 4.65. The van der Waals surface area contributed by atoms with Gasteiger partial charge in [-0.2, -0.15) is 0 Å². The number of nitrogens with one attached hydrogen (secondary N) is 2. The molecule has 236 valence electrons. The first-order chi connectivity index (χ1) is 21.9. The van der Waals surface area contributed by atoms with Crippen LogP contribution in [0.5, 0.6) is 5.75 Å². The molecule has 0 unspecified atom stereocenters. The van der Waals surface area contributed by atoms with Gasteiger partial charge in [-0.3, -0.25) is 9.79 Å². The van der Waals surface area contributed by atoms with Gasteiger partial charge < -0.3 is 30.7 Å². The van der Waals surface area contributed by atoms with Crippen LogP contribution in [0, 0.1) is 6.92 Å². The van der Waals surface area contributed by atoms with Crippen molar-refractivity contribution in [1.82, 2.24) is 20.2 Å². The van der Waals surface area contributed by atoms with E-state index in [2.05, 4.69) is 44.6 Å². The van der Waals surface area contributed by atoms with E-state index in [4.69, 9.17) is 20.2 Å². The molecule has 10 nitrogen and oxygen atoms in total. The first kappa shape index (κ1) is 30.7. The number of piperidine rings is 1. The quantitative estimate of drug-likeness (QED) is 0.315. The molecule has 2 aliphatic heterocycles. The Bertz CT molecular complexity index is 1600. The number of aliphatic imine (C=N–C) groups is 1. The Morgan fingerprint density at radius 2 is 1.87 bits per heavy atom. The molecule has 0 atom stereocenters. The number of methoxy groups -OCH3 is 1. The van der Waals surface area contributed by atoms with E-state index in [0.717, 1.165) is 104 Å². The van der Waals surface area contributed by atoms with Gasteiger partial charge in [-0.1, -0.05) is 24.3 Å². The number of fused-ring (bicyclic) bond motifs is 1. The normalized spacial score (nSPS) is 18.4. The molecule has 45 heavy (non-hydrogen) atoms. The number of allylic oxidation sites excluding steroid dienone is 2. The van der Waals surface area contributed by atoms with Crippen LogP contribution < -0.4 is 21.1 Å². The maximum atomic E-state index is 13.2. The molecule has 2 fully saturated rings. The highest BCUT2D eigenvalue weighted by Crippen LogP contribution is 2.34. The van der Waals surface area contributed by atoms with E-state index in [-0.39, 0.29) is 11.9 Å². The van der Waals surface area contributed by atoms with Crippen molar-refractivity contribution in [1.29, 1.82) is 0 Å². The Morgan fingerprint density at radius 3 is 2.60 bits per heavy atom.